The summed E-state index contributed by atoms with van der Waals surface area (Å²) in [5, 5.41) is 27.8. The van der Waals surface area contributed by atoms with Crippen molar-refractivity contribution in [1.82, 2.24) is 29.7 Å². The molecule has 3 aliphatic carbocycles. The van der Waals surface area contributed by atoms with Gasteiger partial charge < -0.3 is 35.4 Å². The van der Waals surface area contributed by atoms with Crippen LogP contribution in [-0.2, 0) is 4.79 Å². The molecule has 4 aromatic heterocycles. The van der Waals surface area contributed by atoms with Crippen LogP contribution in [0.3, 0.4) is 0 Å². The first-order valence-electron chi connectivity index (χ1n) is 22.5. The van der Waals surface area contributed by atoms with Crippen molar-refractivity contribution in [2.45, 2.75) is 75.3 Å². The van der Waals surface area contributed by atoms with Crippen LogP contribution in [0.2, 0.25) is 10.0 Å². The quantitative estimate of drug-likeness (QED) is 0.0823. The number of halogens is 4. The van der Waals surface area contributed by atoms with Gasteiger partial charge in [0.05, 0.1) is 43.8 Å². The molecule has 3 fully saturated rings. The highest BCUT2D eigenvalue weighted by atomic mass is 35.5. The van der Waals surface area contributed by atoms with Crippen LogP contribution in [0.25, 0.3) is 44.6 Å². The van der Waals surface area contributed by atoms with Crippen LogP contribution in [-0.4, -0.2) is 99.6 Å². The van der Waals surface area contributed by atoms with E-state index in [0.717, 1.165) is 93.2 Å². The van der Waals surface area contributed by atoms with E-state index in [-0.39, 0.29) is 34.0 Å². The first kappa shape index (κ1) is 45.0. The fourth-order valence-electron chi connectivity index (χ4n) is 10.4. The highest BCUT2D eigenvalue weighted by Crippen LogP contribution is 2.63. The van der Waals surface area contributed by atoms with Crippen molar-refractivity contribution < 1.29 is 23.8 Å². The molecule has 0 spiro atoms. The van der Waals surface area contributed by atoms with E-state index in [0.29, 0.717) is 56.4 Å². The van der Waals surface area contributed by atoms with Gasteiger partial charge in [-0.15, -0.1) is 0 Å². The minimum Gasteiger partial charge on any atom is -0.504 e. The highest BCUT2D eigenvalue weighted by Gasteiger charge is 2.54. The molecule has 0 radical (unpaired) electrons. The number of rotatable bonds is 13. The number of nitrogens with zero attached hydrogens (tertiary/aromatic N) is 6. The zero-order chi connectivity index (χ0) is 45.7. The Morgan fingerprint density at radius 1 is 0.646 bits per heavy atom. The molecule has 2 unspecified atom stereocenters. The molecule has 4 N–H and O–H groups in total. The van der Waals surface area contributed by atoms with Gasteiger partial charge in [0.15, 0.2) is 23.1 Å². The third kappa shape index (κ3) is 9.30. The summed E-state index contributed by atoms with van der Waals surface area (Å²) in [7, 11) is 8.43. The molecule has 0 saturated heterocycles. The molecule has 6 aromatic rings. The first-order chi connectivity index (χ1) is 31.3. The monoisotopic (exact) mass is 922 g/mol. The van der Waals surface area contributed by atoms with Gasteiger partial charge in [0.25, 0.3) is 0 Å². The number of aromatic hydroxyl groups is 2. The van der Waals surface area contributed by atoms with E-state index in [1.54, 1.807) is 12.1 Å². The van der Waals surface area contributed by atoms with Crippen molar-refractivity contribution in [2.75, 3.05) is 51.9 Å². The third-order valence-electron chi connectivity index (χ3n) is 13.7. The molecule has 3 aliphatic rings. The maximum Gasteiger partial charge on any atom is 0.170 e. The Hall–Kier alpha value is -5.21. The summed E-state index contributed by atoms with van der Waals surface area (Å²) >= 11 is 12.5. The number of aldehydes is 1. The van der Waals surface area contributed by atoms with Gasteiger partial charge in [-0.1, -0.05) is 23.2 Å². The molecular weight excluding hydrogens is 870 g/mol. The van der Waals surface area contributed by atoms with Crippen LogP contribution >= 0.6 is 23.2 Å². The fraction of sp³-hybridized carbons (Fsp3) is 0.420. The lowest BCUT2D eigenvalue weighted by atomic mass is 9.85. The Bertz CT molecular complexity index is 2530. The number of carbonyl (C=O) groups excluding carboxylic acids is 1. The largest absolute Gasteiger partial charge is 0.504 e. The Morgan fingerprint density at radius 3 is 1.40 bits per heavy atom. The standard InChI is InChI=1S/C50H54Cl2F2N8O3/c1-61(2)23-26-5-9-30(10-6-26)57-45-32(21-55-41-15-13-39(59-47(41)45)28-17-35(51)49(64)37(53)19-28)43-34(25-63)44(43)33-22-56-42-16-14-40(29-18-36(52)50(65)38(54)20-29)60-48(42)46(33)58-31-11-7-27(8-12-31)24-62(3)4/h13-22,25-27,30-31,34,43-44,64-65H,5-12,23-24H2,1-4H3,(H,55,57)(H,56,58). The van der Waals surface area contributed by atoms with E-state index < -0.39 is 29.1 Å². The summed E-state index contributed by atoms with van der Waals surface area (Å²) in [4.78, 5) is 37.8. The molecule has 2 atom stereocenters. The molecule has 0 bridgehead atoms. The van der Waals surface area contributed by atoms with Gasteiger partial charge in [-0.3, -0.25) is 9.97 Å². The zero-order valence-corrected chi connectivity index (χ0v) is 38.5. The number of hydrogen-bond donors (Lipinski definition) is 4. The minimum atomic E-state index is -0.848. The lowest BCUT2D eigenvalue weighted by Crippen LogP contribution is -2.31. The fourth-order valence-corrected chi connectivity index (χ4v) is 10.9. The summed E-state index contributed by atoms with van der Waals surface area (Å²) in [5.74, 6) is -2.77. The Labute approximate surface area is 387 Å². The van der Waals surface area contributed by atoms with E-state index in [9.17, 15) is 23.8 Å². The number of anilines is 2. The maximum absolute atomic E-state index is 14.8. The normalized spacial score (nSPS) is 23.3. The van der Waals surface area contributed by atoms with E-state index >= 15 is 0 Å². The van der Waals surface area contributed by atoms with Crippen molar-refractivity contribution in [3.8, 4) is 34.0 Å². The molecule has 9 rings (SSSR count). The van der Waals surface area contributed by atoms with Gasteiger partial charge in [-0.2, -0.15) is 0 Å². The van der Waals surface area contributed by atoms with E-state index in [2.05, 4.69) is 48.6 Å². The van der Waals surface area contributed by atoms with Gasteiger partial charge >= 0.3 is 0 Å². The predicted molar refractivity (Wildman–Crippen MR) is 254 cm³/mol. The predicted octanol–water partition coefficient (Wildman–Crippen LogP) is 10.7. The number of phenols is 2. The maximum atomic E-state index is 14.8. The Balaban J connectivity index is 1.15. The number of fused-ring (bicyclic) bond motifs is 2. The van der Waals surface area contributed by atoms with E-state index in [1.807, 2.05) is 24.5 Å². The van der Waals surface area contributed by atoms with Gasteiger partial charge in [-0.25, -0.2) is 18.7 Å². The number of aromatic nitrogens is 4. The summed E-state index contributed by atoms with van der Waals surface area (Å²) < 4.78 is 29.7. The number of hydrogen-bond acceptors (Lipinski definition) is 11. The van der Waals surface area contributed by atoms with Gasteiger partial charge in [0, 0.05) is 77.6 Å². The molecule has 0 amide bonds. The molecule has 0 aliphatic heterocycles. The highest BCUT2D eigenvalue weighted by molar-refractivity contribution is 6.32. The van der Waals surface area contributed by atoms with Gasteiger partial charge in [0.1, 0.15) is 17.3 Å². The first-order valence-corrected chi connectivity index (χ1v) is 23.3. The SMILES string of the molecule is CN(C)CC1CCC(Nc2c(C3C(C=O)C3c3cnc4ccc(-c5cc(F)c(O)c(Cl)c5)nc4c3NC3CCC(CN(C)C)CC3)cnc3ccc(-c4cc(F)c(O)c(Cl)c4)nc23)CC1. The van der Waals surface area contributed by atoms with Crippen LogP contribution < -0.4 is 10.6 Å². The smallest absolute Gasteiger partial charge is 0.170 e. The Morgan fingerprint density at radius 2 is 1.05 bits per heavy atom. The Kier molecular flexibility index (Phi) is 12.9. The summed E-state index contributed by atoms with van der Waals surface area (Å²) in [5.41, 5.74) is 7.42. The average molecular weight is 924 g/mol. The van der Waals surface area contributed by atoms with Crippen LogP contribution in [0.1, 0.15) is 74.3 Å². The van der Waals surface area contributed by atoms with Crippen LogP contribution in [0, 0.1) is 29.4 Å². The number of carbonyl (C=O) groups is 1. The van der Waals surface area contributed by atoms with Crippen molar-refractivity contribution in [1.29, 1.82) is 0 Å². The minimum absolute atomic E-state index is 0.119. The molecule has 2 aromatic carbocycles. The van der Waals surface area contributed by atoms with Crippen molar-refractivity contribution in [3.05, 3.63) is 93.7 Å². The summed E-state index contributed by atoms with van der Waals surface area (Å²) in [6, 6.07) is 12.9. The van der Waals surface area contributed by atoms with Crippen molar-refractivity contribution >= 4 is 62.9 Å². The molecule has 11 nitrogen and oxygen atoms in total. The number of pyridine rings is 4. The molecular formula is C50H54Cl2F2N8O3. The lowest BCUT2D eigenvalue weighted by Gasteiger charge is -2.32. The van der Waals surface area contributed by atoms with Gasteiger partial charge in [-0.05, 0) is 140 Å². The van der Waals surface area contributed by atoms with Gasteiger partial charge in [0.2, 0.25) is 0 Å². The van der Waals surface area contributed by atoms with E-state index in [1.165, 1.54) is 24.3 Å². The number of nitrogens with one attached hydrogen (secondary N) is 2. The van der Waals surface area contributed by atoms with Crippen molar-refractivity contribution in [3.63, 3.8) is 0 Å². The molecule has 4 heterocycles. The van der Waals surface area contributed by atoms with Crippen LogP contribution in [0.4, 0.5) is 20.2 Å². The van der Waals surface area contributed by atoms with Crippen LogP contribution in [0.5, 0.6) is 11.5 Å². The van der Waals surface area contributed by atoms with Crippen LogP contribution in [0.15, 0.2) is 60.9 Å². The van der Waals surface area contributed by atoms with E-state index in [4.69, 9.17) is 43.1 Å². The average Bonchev–Trinajstić information content (AvgIpc) is 4.01. The lowest BCUT2D eigenvalue weighted by molar-refractivity contribution is -0.109. The molecule has 15 heteroatoms. The second-order valence-corrected chi connectivity index (χ2v) is 19.7. The topological polar surface area (TPSA) is 140 Å². The van der Waals surface area contributed by atoms with Crippen molar-refractivity contribution in [2.24, 2.45) is 17.8 Å². The number of phenolic OH excluding ortho intramolecular Hbond substituents is 2. The molecule has 340 valence electrons. The zero-order valence-electron chi connectivity index (χ0n) is 37.0. The summed E-state index contributed by atoms with van der Waals surface area (Å²) in [6.07, 6.45) is 12.8. The molecule has 3 saturated carbocycles. The number of benzene rings is 2. The molecule has 65 heavy (non-hydrogen) atoms. The summed E-state index contributed by atoms with van der Waals surface area (Å²) in [6.45, 7) is 2.06. The second kappa shape index (κ2) is 18.6. The third-order valence-corrected chi connectivity index (χ3v) is 14.3. The second-order valence-electron chi connectivity index (χ2n) is 18.9.